The third kappa shape index (κ3) is 3.89. The summed E-state index contributed by atoms with van der Waals surface area (Å²) in [4.78, 5) is 21.4. The van der Waals surface area contributed by atoms with Gasteiger partial charge in [0, 0.05) is 43.8 Å². The lowest BCUT2D eigenvalue weighted by molar-refractivity contribution is 0.208. The molecule has 1 aromatic heterocycles. The van der Waals surface area contributed by atoms with E-state index in [0.29, 0.717) is 30.3 Å². The van der Waals surface area contributed by atoms with Gasteiger partial charge in [-0.2, -0.15) is 0 Å². The minimum atomic E-state index is -0.135. The Morgan fingerprint density at radius 1 is 1.00 bits per heavy atom. The van der Waals surface area contributed by atoms with Gasteiger partial charge in [0.05, 0.1) is 31.1 Å². The summed E-state index contributed by atoms with van der Waals surface area (Å²) in [6.07, 6.45) is 1.82. The largest absolute Gasteiger partial charge is 0.497 e. The van der Waals surface area contributed by atoms with Crippen LogP contribution in [0.3, 0.4) is 0 Å². The van der Waals surface area contributed by atoms with Crippen LogP contribution in [0.25, 0.3) is 10.9 Å². The van der Waals surface area contributed by atoms with E-state index >= 15 is 0 Å². The normalized spacial score (nSPS) is 14.0. The van der Waals surface area contributed by atoms with Gasteiger partial charge in [-0.3, -0.25) is 4.98 Å². The molecule has 1 aliphatic heterocycles. The topological polar surface area (TPSA) is 66.9 Å². The predicted octanol–water partition coefficient (Wildman–Crippen LogP) is 3.61. The summed E-state index contributed by atoms with van der Waals surface area (Å²) in [5.74, 6) is 1.25. The Morgan fingerprint density at radius 3 is 2.55 bits per heavy atom. The van der Waals surface area contributed by atoms with Gasteiger partial charge in [-0.1, -0.05) is 18.2 Å². The summed E-state index contributed by atoms with van der Waals surface area (Å²) in [6.45, 7) is 2.77. The van der Waals surface area contributed by atoms with Crippen molar-refractivity contribution < 1.29 is 14.3 Å². The van der Waals surface area contributed by atoms with Crippen LogP contribution in [0.2, 0.25) is 0 Å². The molecule has 2 aromatic carbocycles. The first-order valence-corrected chi connectivity index (χ1v) is 9.56. The van der Waals surface area contributed by atoms with Crippen LogP contribution in [0.15, 0.2) is 54.7 Å². The molecule has 0 bridgehead atoms. The molecule has 0 aliphatic carbocycles. The maximum atomic E-state index is 12.7. The Balaban J connectivity index is 1.42. The van der Waals surface area contributed by atoms with Crippen LogP contribution in [0.5, 0.6) is 11.5 Å². The molecule has 29 heavy (non-hydrogen) atoms. The molecule has 4 rings (SSSR count). The smallest absolute Gasteiger partial charge is 0.322 e. The van der Waals surface area contributed by atoms with Gasteiger partial charge in [0.25, 0.3) is 0 Å². The highest BCUT2D eigenvalue weighted by Crippen LogP contribution is 2.30. The zero-order valence-corrected chi connectivity index (χ0v) is 16.6. The minimum absolute atomic E-state index is 0.135. The number of amides is 2. The number of para-hydroxylation sites is 1. The number of pyridine rings is 1. The molecule has 3 aromatic rings. The van der Waals surface area contributed by atoms with E-state index in [9.17, 15) is 4.79 Å². The van der Waals surface area contributed by atoms with Gasteiger partial charge in [-0.05, 0) is 24.3 Å². The Bertz CT molecular complexity index is 1010. The molecular weight excluding hydrogens is 368 g/mol. The van der Waals surface area contributed by atoms with Crippen LogP contribution < -0.4 is 19.7 Å². The van der Waals surface area contributed by atoms with Crippen molar-refractivity contribution in [2.45, 2.75) is 0 Å². The zero-order chi connectivity index (χ0) is 20.2. The van der Waals surface area contributed by atoms with Crippen molar-refractivity contribution in [1.82, 2.24) is 9.88 Å². The second-order valence-corrected chi connectivity index (χ2v) is 6.82. The quantitative estimate of drug-likeness (QED) is 0.735. The van der Waals surface area contributed by atoms with Crippen molar-refractivity contribution in [3.63, 3.8) is 0 Å². The number of hydrogen-bond acceptors (Lipinski definition) is 5. The number of carbonyl (C=O) groups excluding carboxylic acids is 1. The van der Waals surface area contributed by atoms with Crippen LogP contribution in [0.1, 0.15) is 0 Å². The lowest BCUT2D eigenvalue weighted by atomic mass is 10.1. The van der Waals surface area contributed by atoms with Crippen LogP contribution in [-0.2, 0) is 0 Å². The molecule has 0 saturated carbocycles. The first-order valence-electron chi connectivity index (χ1n) is 9.56. The first-order chi connectivity index (χ1) is 14.2. The SMILES string of the molecule is COc1ccc(NC(=O)N2CCN(c3cccc4cccnc34)CC2)c(OC)c1. The molecule has 1 saturated heterocycles. The molecular formula is C22H24N4O3. The van der Waals surface area contributed by atoms with E-state index in [1.807, 2.05) is 23.2 Å². The number of fused-ring (bicyclic) bond motifs is 1. The molecule has 7 heteroatoms. The average molecular weight is 392 g/mol. The number of ether oxygens (including phenoxy) is 2. The van der Waals surface area contributed by atoms with E-state index in [2.05, 4.69) is 33.4 Å². The molecule has 150 valence electrons. The van der Waals surface area contributed by atoms with Crippen molar-refractivity contribution in [3.8, 4) is 11.5 Å². The third-order valence-corrected chi connectivity index (χ3v) is 5.17. The standard InChI is InChI=1S/C22H24N4O3/c1-28-17-8-9-18(20(15-17)29-2)24-22(27)26-13-11-25(12-14-26)19-7-3-5-16-6-4-10-23-21(16)19/h3-10,15H,11-14H2,1-2H3,(H,24,27). The molecule has 1 N–H and O–H groups in total. The molecule has 2 amide bonds. The number of benzene rings is 2. The Hall–Kier alpha value is -3.48. The van der Waals surface area contributed by atoms with Gasteiger partial charge in [-0.25, -0.2) is 4.79 Å². The Kier molecular flexibility index (Phi) is 5.37. The number of piperazine rings is 1. The van der Waals surface area contributed by atoms with Gasteiger partial charge in [-0.15, -0.1) is 0 Å². The lowest BCUT2D eigenvalue weighted by Crippen LogP contribution is -2.50. The Morgan fingerprint density at radius 2 is 1.79 bits per heavy atom. The molecule has 0 radical (unpaired) electrons. The van der Waals surface area contributed by atoms with Crippen LogP contribution in [0, 0.1) is 0 Å². The molecule has 1 fully saturated rings. The highest BCUT2D eigenvalue weighted by atomic mass is 16.5. The fourth-order valence-electron chi connectivity index (χ4n) is 3.59. The van der Waals surface area contributed by atoms with Gasteiger partial charge < -0.3 is 24.6 Å². The zero-order valence-electron chi connectivity index (χ0n) is 16.6. The van der Waals surface area contributed by atoms with Crippen molar-refractivity contribution in [2.75, 3.05) is 50.6 Å². The van der Waals surface area contributed by atoms with E-state index in [1.54, 1.807) is 32.4 Å². The molecule has 0 atom stereocenters. The number of nitrogens with one attached hydrogen (secondary N) is 1. The summed E-state index contributed by atoms with van der Waals surface area (Å²) in [5.41, 5.74) is 2.73. The summed E-state index contributed by atoms with van der Waals surface area (Å²) in [5, 5.41) is 4.06. The lowest BCUT2D eigenvalue weighted by Gasteiger charge is -2.36. The fraction of sp³-hybridized carbons (Fsp3) is 0.273. The van der Waals surface area contributed by atoms with Crippen molar-refractivity contribution in [2.24, 2.45) is 0 Å². The average Bonchev–Trinajstić information content (AvgIpc) is 2.79. The summed E-state index contributed by atoms with van der Waals surface area (Å²) in [6, 6.07) is 15.4. The van der Waals surface area contributed by atoms with Crippen LogP contribution in [0.4, 0.5) is 16.2 Å². The van der Waals surface area contributed by atoms with Crippen molar-refractivity contribution >= 4 is 28.3 Å². The molecule has 1 aliphatic rings. The van der Waals surface area contributed by atoms with E-state index in [0.717, 1.165) is 29.7 Å². The number of anilines is 2. The second kappa shape index (κ2) is 8.26. The summed E-state index contributed by atoms with van der Waals surface area (Å²) in [7, 11) is 3.17. The van der Waals surface area contributed by atoms with E-state index in [-0.39, 0.29) is 6.03 Å². The molecule has 7 nitrogen and oxygen atoms in total. The van der Waals surface area contributed by atoms with Crippen molar-refractivity contribution in [1.29, 1.82) is 0 Å². The van der Waals surface area contributed by atoms with Gasteiger partial charge >= 0.3 is 6.03 Å². The highest BCUT2D eigenvalue weighted by Gasteiger charge is 2.23. The number of methoxy groups -OCH3 is 2. The Labute approximate surface area is 169 Å². The number of nitrogens with zero attached hydrogens (tertiary/aromatic N) is 3. The number of urea groups is 1. The number of aromatic nitrogens is 1. The predicted molar refractivity (Wildman–Crippen MR) is 114 cm³/mol. The number of carbonyl (C=O) groups is 1. The summed E-state index contributed by atoms with van der Waals surface area (Å²) >= 11 is 0. The minimum Gasteiger partial charge on any atom is -0.497 e. The van der Waals surface area contributed by atoms with E-state index < -0.39 is 0 Å². The number of rotatable bonds is 4. The van der Waals surface area contributed by atoms with Gasteiger partial charge in [0.2, 0.25) is 0 Å². The van der Waals surface area contributed by atoms with Gasteiger partial charge in [0.1, 0.15) is 11.5 Å². The van der Waals surface area contributed by atoms with Crippen molar-refractivity contribution in [3.05, 3.63) is 54.7 Å². The summed E-state index contributed by atoms with van der Waals surface area (Å²) < 4.78 is 10.6. The van der Waals surface area contributed by atoms with E-state index in [4.69, 9.17) is 9.47 Å². The maximum absolute atomic E-state index is 12.7. The van der Waals surface area contributed by atoms with Crippen LogP contribution in [-0.4, -0.2) is 56.3 Å². The third-order valence-electron chi connectivity index (χ3n) is 5.17. The van der Waals surface area contributed by atoms with Crippen LogP contribution >= 0.6 is 0 Å². The second-order valence-electron chi connectivity index (χ2n) is 6.82. The van der Waals surface area contributed by atoms with Gasteiger partial charge in [0.15, 0.2) is 0 Å². The monoisotopic (exact) mass is 392 g/mol. The van der Waals surface area contributed by atoms with E-state index in [1.165, 1.54) is 0 Å². The maximum Gasteiger partial charge on any atom is 0.322 e. The number of hydrogen-bond donors (Lipinski definition) is 1. The fourth-order valence-corrected chi connectivity index (χ4v) is 3.59. The molecule has 0 spiro atoms. The molecule has 0 unspecified atom stereocenters. The first kappa shape index (κ1) is 18.9. The molecule has 2 heterocycles. The highest BCUT2D eigenvalue weighted by molar-refractivity contribution is 5.92.